The number of hydrogen-bond acceptors (Lipinski definition) is 5. The highest BCUT2D eigenvalue weighted by atomic mass is 16.5. The van der Waals surface area contributed by atoms with Crippen molar-refractivity contribution >= 4 is 17.5 Å². The van der Waals surface area contributed by atoms with Crippen LogP contribution in [-0.2, 0) is 11.3 Å². The summed E-state index contributed by atoms with van der Waals surface area (Å²) in [6.07, 6.45) is -0.459. The maximum absolute atomic E-state index is 11.1. The molecule has 1 N–H and O–H groups in total. The third kappa shape index (κ3) is 4.81. The maximum atomic E-state index is 11.1. The number of carbonyl (C=O) groups excluding carboxylic acids is 1. The van der Waals surface area contributed by atoms with Gasteiger partial charge >= 0.3 is 6.09 Å². The molecule has 0 atom stereocenters. The zero-order valence-corrected chi connectivity index (χ0v) is 14.3. The normalized spacial score (nSPS) is 12.2. The number of furan rings is 1. The largest absolute Gasteiger partial charge is 0.460 e. The van der Waals surface area contributed by atoms with Gasteiger partial charge in [0.1, 0.15) is 17.2 Å². The predicted molar refractivity (Wildman–Crippen MR) is 93.6 cm³/mol. The minimum atomic E-state index is -0.459. The molecule has 2 rings (SSSR count). The molecule has 0 radical (unpaired) electrons. The number of hydrogen-bond donors (Lipinski definition) is 1. The molecule has 1 heterocycles. The van der Waals surface area contributed by atoms with Crippen LogP contribution in [0, 0.1) is 6.92 Å². The first-order valence-corrected chi connectivity index (χ1v) is 7.56. The molecule has 0 aliphatic rings. The third-order valence-electron chi connectivity index (χ3n) is 3.41. The number of nitrogens with zero attached hydrogens (tertiary/aromatic N) is 2. The minimum Gasteiger partial charge on any atom is -0.460 e. The second-order valence-corrected chi connectivity index (χ2v) is 5.33. The van der Waals surface area contributed by atoms with Gasteiger partial charge in [0.15, 0.2) is 0 Å². The Morgan fingerprint density at radius 1 is 1.17 bits per heavy atom. The van der Waals surface area contributed by atoms with Crippen molar-refractivity contribution in [2.24, 2.45) is 10.2 Å². The molecule has 0 saturated heterocycles. The van der Waals surface area contributed by atoms with Gasteiger partial charge in [-0.25, -0.2) is 4.79 Å². The molecule has 2 aromatic rings. The summed E-state index contributed by atoms with van der Waals surface area (Å²) in [6, 6.07) is 11.5. The number of nitrogens with one attached hydrogen (secondary N) is 1. The Balaban J connectivity index is 2.11. The molecule has 0 bridgehead atoms. The number of methoxy groups -OCH3 is 1. The average Bonchev–Trinajstić information content (AvgIpc) is 3.04. The molecular formula is C18H21N3O3. The summed E-state index contributed by atoms with van der Waals surface area (Å²) < 4.78 is 10.1. The molecule has 0 unspecified atom stereocenters. The van der Waals surface area contributed by atoms with Crippen molar-refractivity contribution in [2.75, 3.05) is 7.11 Å². The van der Waals surface area contributed by atoms with E-state index in [1.54, 1.807) is 0 Å². The molecule has 1 amide bonds. The molecule has 0 fully saturated rings. The maximum Gasteiger partial charge on any atom is 0.407 e. The van der Waals surface area contributed by atoms with Crippen LogP contribution in [0.3, 0.4) is 0 Å². The Morgan fingerprint density at radius 3 is 2.58 bits per heavy atom. The average molecular weight is 327 g/mol. The quantitative estimate of drug-likeness (QED) is 0.672. The van der Waals surface area contributed by atoms with E-state index in [-0.39, 0.29) is 0 Å². The van der Waals surface area contributed by atoms with Crippen LogP contribution in [0.4, 0.5) is 4.79 Å². The molecule has 0 aliphatic heterocycles. The van der Waals surface area contributed by atoms with Gasteiger partial charge in [-0.05, 0) is 50.1 Å². The van der Waals surface area contributed by atoms with Gasteiger partial charge in [-0.2, -0.15) is 10.2 Å². The summed E-state index contributed by atoms with van der Waals surface area (Å²) in [4.78, 5) is 11.1. The van der Waals surface area contributed by atoms with Gasteiger partial charge in [-0.3, -0.25) is 0 Å². The van der Waals surface area contributed by atoms with Crippen molar-refractivity contribution in [3.05, 3.63) is 59.0 Å². The fraction of sp³-hybridized carbons (Fsp3) is 0.278. The van der Waals surface area contributed by atoms with Crippen molar-refractivity contribution in [1.29, 1.82) is 0 Å². The van der Waals surface area contributed by atoms with Crippen molar-refractivity contribution in [1.82, 2.24) is 5.32 Å². The second-order valence-electron chi connectivity index (χ2n) is 5.33. The third-order valence-corrected chi connectivity index (χ3v) is 3.41. The zero-order chi connectivity index (χ0) is 17.5. The number of aryl methyl sites for hydroxylation is 1. The van der Waals surface area contributed by atoms with Crippen LogP contribution in [0.1, 0.15) is 36.5 Å². The molecule has 126 valence electrons. The highest BCUT2D eigenvalue weighted by molar-refractivity contribution is 6.00. The van der Waals surface area contributed by atoms with Gasteiger partial charge in [0, 0.05) is 6.54 Å². The van der Waals surface area contributed by atoms with E-state index in [9.17, 15) is 4.79 Å². The first-order chi connectivity index (χ1) is 11.5. The predicted octanol–water partition coefficient (Wildman–Crippen LogP) is 3.68. The van der Waals surface area contributed by atoms with Crippen LogP contribution in [0.5, 0.6) is 0 Å². The van der Waals surface area contributed by atoms with Gasteiger partial charge < -0.3 is 14.5 Å². The van der Waals surface area contributed by atoms with E-state index in [0.717, 1.165) is 22.6 Å². The molecule has 6 heteroatoms. The Kier molecular flexibility index (Phi) is 5.89. The second kappa shape index (κ2) is 8.10. The molecule has 24 heavy (non-hydrogen) atoms. The monoisotopic (exact) mass is 327 g/mol. The van der Waals surface area contributed by atoms with Gasteiger partial charge in [0.05, 0.1) is 12.8 Å². The highest BCUT2D eigenvalue weighted by Crippen LogP contribution is 2.10. The van der Waals surface area contributed by atoms with Gasteiger partial charge in [0.25, 0.3) is 0 Å². The lowest BCUT2D eigenvalue weighted by molar-refractivity contribution is 0.170. The van der Waals surface area contributed by atoms with Crippen molar-refractivity contribution in [3.63, 3.8) is 0 Å². The number of rotatable bonds is 5. The zero-order valence-electron chi connectivity index (χ0n) is 14.3. The van der Waals surface area contributed by atoms with E-state index >= 15 is 0 Å². The van der Waals surface area contributed by atoms with E-state index in [1.165, 1.54) is 7.11 Å². The first-order valence-electron chi connectivity index (χ1n) is 7.56. The molecule has 0 aliphatic carbocycles. The molecular weight excluding hydrogens is 306 g/mol. The standard InChI is InChI=1S/C18H21N3O3/c1-12-8-9-17(24-12)14(3)21-20-13(2)16-7-5-6-15(10-16)11-19-18(22)23-4/h5-10H,11H2,1-4H3,(H,19,22)/b20-13+,21-14+. The molecule has 1 aromatic heterocycles. The highest BCUT2D eigenvalue weighted by Gasteiger charge is 2.04. The van der Waals surface area contributed by atoms with Crippen molar-refractivity contribution < 1.29 is 13.9 Å². The topological polar surface area (TPSA) is 76.2 Å². The molecule has 6 nitrogen and oxygen atoms in total. The summed E-state index contributed by atoms with van der Waals surface area (Å²) in [5, 5.41) is 11.1. The molecule has 1 aromatic carbocycles. The van der Waals surface area contributed by atoms with Crippen LogP contribution in [-0.4, -0.2) is 24.6 Å². The van der Waals surface area contributed by atoms with Crippen LogP contribution in [0.15, 0.2) is 51.0 Å². The number of alkyl carbamates (subject to hydrolysis) is 1. The smallest absolute Gasteiger partial charge is 0.407 e. The van der Waals surface area contributed by atoms with Gasteiger partial charge in [-0.15, -0.1) is 0 Å². The Labute approximate surface area is 141 Å². The fourth-order valence-electron chi connectivity index (χ4n) is 2.04. The first kappa shape index (κ1) is 17.5. The van der Waals surface area contributed by atoms with Crippen LogP contribution in [0.25, 0.3) is 0 Å². The van der Waals surface area contributed by atoms with E-state index < -0.39 is 6.09 Å². The van der Waals surface area contributed by atoms with E-state index in [4.69, 9.17) is 4.42 Å². The van der Waals surface area contributed by atoms with E-state index in [2.05, 4.69) is 20.3 Å². The van der Waals surface area contributed by atoms with Crippen molar-refractivity contribution in [3.8, 4) is 0 Å². The summed E-state index contributed by atoms with van der Waals surface area (Å²) in [6.45, 7) is 6.02. The van der Waals surface area contributed by atoms with E-state index in [1.807, 2.05) is 57.2 Å². The fourth-order valence-corrected chi connectivity index (χ4v) is 2.04. The van der Waals surface area contributed by atoms with Gasteiger partial charge in [0.2, 0.25) is 0 Å². The van der Waals surface area contributed by atoms with Crippen molar-refractivity contribution in [2.45, 2.75) is 27.3 Å². The molecule has 0 spiro atoms. The minimum absolute atomic E-state index is 0.391. The number of ether oxygens (including phenoxy) is 1. The lowest BCUT2D eigenvalue weighted by atomic mass is 10.1. The summed E-state index contributed by atoms with van der Waals surface area (Å²) >= 11 is 0. The van der Waals surface area contributed by atoms with Crippen LogP contribution >= 0.6 is 0 Å². The Bertz CT molecular complexity index is 775. The number of carbonyl (C=O) groups is 1. The van der Waals surface area contributed by atoms with E-state index in [0.29, 0.717) is 18.0 Å². The summed E-state index contributed by atoms with van der Waals surface area (Å²) in [5.41, 5.74) is 3.38. The lowest BCUT2D eigenvalue weighted by Gasteiger charge is -2.06. The molecule has 0 saturated carbocycles. The van der Waals surface area contributed by atoms with Crippen LogP contribution < -0.4 is 5.32 Å². The summed E-state index contributed by atoms with van der Waals surface area (Å²) in [7, 11) is 1.34. The number of amides is 1. The van der Waals surface area contributed by atoms with Crippen LogP contribution in [0.2, 0.25) is 0 Å². The Morgan fingerprint density at radius 2 is 1.92 bits per heavy atom. The Hall–Kier alpha value is -2.89. The number of benzene rings is 1. The SMILES string of the molecule is COC(=O)NCc1cccc(/C(C)=N/N=C(\C)c2ccc(C)o2)c1. The lowest BCUT2D eigenvalue weighted by Crippen LogP contribution is -2.22. The van der Waals surface area contributed by atoms with Gasteiger partial charge in [-0.1, -0.05) is 18.2 Å². The summed E-state index contributed by atoms with van der Waals surface area (Å²) in [5.74, 6) is 1.55.